The quantitative estimate of drug-likeness (QED) is 0.754. The molecule has 0 aromatic heterocycles. The summed E-state index contributed by atoms with van der Waals surface area (Å²) >= 11 is 0. The Hall–Kier alpha value is -2.41. The van der Waals surface area contributed by atoms with E-state index in [0.29, 0.717) is 17.9 Å². The van der Waals surface area contributed by atoms with Crippen molar-refractivity contribution in [3.63, 3.8) is 0 Å². The fourth-order valence-corrected chi connectivity index (χ4v) is 2.70. The Morgan fingerprint density at radius 1 is 1.12 bits per heavy atom. The standard InChI is InChI=1S/C18H25N3O4/c1-3-25-18(24)14-6-8-15(9-7-14)19-16(22)12-20(2)13-17(23)21-10-4-5-11-21/h6-9H,3-5,10-13H2,1-2H3,(H,19,22). The molecule has 1 aromatic rings. The second-order valence-corrected chi connectivity index (χ2v) is 6.11. The molecule has 0 radical (unpaired) electrons. The number of benzene rings is 1. The van der Waals surface area contributed by atoms with Gasteiger partial charge in [-0.15, -0.1) is 0 Å². The van der Waals surface area contributed by atoms with Gasteiger partial charge in [-0.25, -0.2) is 4.79 Å². The third kappa shape index (κ3) is 5.86. The van der Waals surface area contributed by atoms with Gasteiger partial charge in [0.2, 0.25) is 11.8 Å². The molecule has 1 fully saturated rings. The lowest BCUT2D eigenvalue weighted by Gasteiger charge is -2.20. The molecule has 136 valence electrons. The first-order valence-electron chi connectivity index (χ1n) is 8.53. The van der Waals surface area contributed by atoms with Crippen LogP contribution >= 0.6 is 0 Å². The molecule has 0 saturated carbocycles. The van der Waals surface area contributed by atoms with Crippen LogP contribution in [0.25, 0.3) is 0 Å². The van der Waals surface area contributed by atoms with E-state index >= 15 is 0 Å². The first-order valence-corrected chi connectivity index (χ1v) is 8.53. The fourth-order valence-electron chi connectivity index (χ4n) is 2.70. The van der Waals surface area contributed by atoms with Gasteiger partial charge in [0.15, 0.2) is 0 Å². The van der Waals surface area contributed by atoms with E-state index in [1.54, 1.807) is 43.1 Å². The average molecular weight is 347 g/mol. The van der Waals surface area contributed by atoms with E-state index in [0.717, 1.165) is 25.9 Å². The topological polar surface area (TPSA) is 79.0 Å². The van der Waals surface area contributed by atoms with Gasteiger partial charge < -0.3 is 15.0 Å². The number of nitrogens with one attached hydrogen (secondary N) is 1. The van der Waals surface area contributed by atoms with Crippen molar-refractivity contribution < 1.29 is 19.1 Å². The zero-order chi connectivity index (χ0) is 18.2. The summed E-state index contributed by atoms with van der Waals surface area (Å²) in [7, 11) is 1.75. The first kappa shape index (κ1) is 18.9. The van der Waals surface area contributed by atoms with Gasteiger partial charge >= 0.3 is 5.97 Å². The highest BCUT2D eigenvalue weighted by Gasteiger charge is 2.20. The number of amides is 2. The molecule has 1 N–H and O–H groups in total. The molecule has 7 nitrogen and oxygen atoms in total. The van der Waals surface area contributed by atoms with Crippen LogP contribution in [0, 0.1) is 0 Å². The van der Waals surface area contributed by atoms with E-state index in [9.17, 15) is 14.4 Å². The number of rotatable bonds is 7. The summed E-state index contributed by atoms with van der Waals surface area (Å²) in [6.45, 7) is 4.04. The van der Waals surface area contributed by atoms with Crippen molar-refractivity contribution in [2.45, 2.75) is 19.8 Å². The number of hydrogen-bond acceptors (Lipinski definition) is 5. The van der Waals surface area contributed by atoms with Crippen molar-refractivity contribution in [3.8, 4) is 0 Å². The molecule has 0 bridgehead atoms. The van der Waals surface area contributed by atoms with Gasteiger partial charge in [0, 0.05) is 18.8 Å². The number of carbonyl (C=O) groups excluding carboxylic acids is 3. The van der Waals surface area contributed by atoms with Crippen LogP contribution in [0.2, 0.25) is 0 Å². The van der Waals surface area contributed by atoms with Crippen LogP contribution in [0.4, 0.5) is 5.69 Å². The van der Waals surface area contributed by atoms with Crippen LogP contribution in [0.1, 0.15) is 30.1 Å². The van der Waals surface area contributed by atoms with E-state index in [1.807, 2.05) is 4.90 Å². The molecule has 0 spiro atoms. The molecule has 1 heterocycles. The van der Waals surface area contributed by atoms with E-state index in [4.69, 9.17) is 4.74 Å². The maximum atomic E-state index is 12.1. The summed E-state index contributed by atoms with van der Waals surface area (Å²) in [5.74, 6) is -0.535. The molecule has 2 rings (SSSR count). The van der Waals surface area contributed by atoms with Gasteiger partial charge in [-0.2, -0.15) is 0 Å². The van der Waals surface area contributed by atoms with Crippen molar-refractivity contribution in [2.75, 3.05) is 45.2 Å². The minimum Gasteiger partial charge on any atom is -0.462 e. The minimum atomic E-state index is -0.388. The molecule has 1 aliphatic rings. The normalized spacial score (nSPS) is 13.8. The molecule has 2 amide bonds. The van der Waals surface area contributed by atoms with Crippen LogP contribution in [0.5, 0.6) is 0 Å². The summed E-state index contributed by atoms with van der Waals surface area (Å²) in [5.41, 5.74) is 1.03. The summed E-state index contributed by atoms with van der Waals surface area (Å²) in [6.07, 6.45) is 2.11. The van der Waals surface area contributed by atoms with Gasteiger partial charge in [-0.3, -0.25) is 14.5 Å². The Bertz CT molecular complexity index is 609. The summed E-state index contributed by atoms with van der Waals surface area (Å²) in [5, 5.41) is 2.76. The second kappa shape index (κ2) is 9.17. The SMILES string of the molecule is CCOC(=O)c1ccc(NC(=O)CN(C)CC(=O)N2CCCC2)cc1. The lowest BCUT2D eigenvalue weighted by Crippen LogP contribution is -2.40. The van der Waals surface area contributed by atoms with Crippen LogP contribution in [-0.4, -0.2) is 67.4 Å². The molecule has 1 aromatic carbocycles. The summed E-state index contributed by atoms with van der Waals surface area (Å²) in [4.78, 5) is 39.3. The molecular weight excluding hydrogens is 322 g/mol. The highest BCUT2D eigenvalue weighted by Crippen LogP contribution is 2.11. The third-order valence-corrected chi connectivity index (χ3v) is 3.96. The lowest BCUT2D eigenvalue weighted by atomic mass is 10.2. The van der Waals surface area contributed by atoms with Crippen molar-refractivity contribution >= 4 is 23.5 Å². The molecule has 0 unspecified atom stereocenters. The largest absolute Gasteiger partial charge is 0.462 e. The fraction of sp³-hybridized carbons (Fsp3) is 0.500. The Labute approximate surface area is 147 Å². The van der Waals surface area contributed by atoms with Gasteiger partial charge in [-0.1, -0.05) is 0 Å². The molecular formula is C18H25N3O4. The second-order valence-electron chi connectivity index (χ2n) is 6.11. The first-order chi connectivity index (χ1) is 12.0. The van der Waals surface area contributed by atoms with Crippen molar-refractivity contribution in [3.05, 3.63) is 29.8 Å². The number of nitrogens with zero attached hydrogens (tertiary/aromatic N) is 2. The average Bonchev–Trinajstić information content (AvgIpc) is 3.10. The van der Waals surface area contributed by atoms with E-state index in [1.165, 1.54) is 0 Å². The zero-order valence-corrected chi connectivity index (χ0v) is 14.8. The Morgan fingerprint density at radius 2 is 1.76 bits per heavy atom. The van der Waals surface area contributed by atoms with Crippen LogP contribution in [0.3, 0.4) is 0 Å². The maximum Gasteiger partial charge on any atom is 0.338 e. The Morgan fingerprint density at radius 3 is 2.36 bits per heavy atom. The van der Waals surface area contributed by atoms with Crippen molar-refractivity contribution in [1.29, 1.82) is 0 Å². The summed E-state index contributed by atoms with van der Waals surface area (Å²) < 4.78 is 4.91. The van der Waals surface area contributed by atoms with Gasteiger partial charge in [0.05, 0.1) is 25.3 Å². The molecule has 25 heavy (non-hydrogen) atoms. The minimum absolute atomic E-state index is 0.0617. The molecule has 7 heteroatoms. The Balaban J connectivity index is 1.79. The lowest BCUT2D eigenvalue weighted by molar-refractivity contribution is -0.131. The number of likely N-dealkylation sites (N-methyl/N-ethyl adjacent to an activating group) is 1. The van der Waals surface area contributed by atoms with Crippen molar-refractivity contribution in [1.82, 2.24) is 9.80 Å². The van der Waals surface area contributed by atoms with Crippen LogP contribution in [0.15, 0.2) is 24.3 Å². The molecule has 1 aliphatic heterocycles. The maximum absolute atomic E-state index is 12.1. The number of anilines is 1. The molecule has 0 atom stereocenters. The monoisotopic (exact) mass is 347 g/mol. The van der Waals surface area contributed by atoms with E-state index < -0.39 is 0 Å². The number of carbonyl (C=O) groups is 3. The number of hydrogen-bond donors (Lipinski definition) is 1. The predicted molar refractivity (Wildman–Crippen MR) is 94.3 cm³/mol. The van der Waals surface area contributed by atoms with Gasteiger partial charge in [-0.05, 0) is 51.1 Å². The summed E-state index contributed by atoms with van der Waals surface area (Å²) in [6, 6.07) is 6.52. The smallest absolute Gasteiger partial charge is 0.338 e. The third-order valence-electron chi connectivity index (χ3n) is 3.96. The van der Waals surface area contributed by atoms with E-state index in [2.05, 4.69) is 5.32 Å². The predicted octanol–water partition coefficient (Wildman–Crippen LogP) is 1.36. The van der Waals surface area contributed by atoms with Gasteiger partial charge in [0.25, 0.3) is 0 Å². The van der Waals surface area contributed by atoms with Gasteiger partial charge in [0.1, 0.15) is 0 Å². The van der Waals surface area contributed by atoms with E-state index in [-0.39, 0.29) is 30.9 Å². The zero-order valence-electron chi connectivity index (χ0n) is 14.8. The van der Waals surface area contributed by atoms with Crippen molar-refractivity contribution in [2.24, 2.45) is 0 Å². The molecule has 0 aliphatic carbocycles. The Kier molecular flexibility index (Phi) is 6.94. The van der Waals surface area contributed by atoms with Crippen LogP contribution < -0.4 is 5.32 Å². The molecule has 1 saturated heterocycles. The highest BCUT2D eigenvalue weighted by atomic mass is 16.5. The van der Waals surface area contributed by atoms with Crippen LogP contribution in [-0.2, 0) is 14.3 Å². The highest BCUT2D eigenvalue weighted by molar-refractivity contribution is 5.94. The number of esters is 1. The number of ether oxygens (including phenoxy) is 1. The number of likely N-dealkylation sites (tertiary alicyclic amines) is 1.